The van der Waals surface area contributed by atoms with Crippen LogP contribution in [-0.4, -0.2) is 11.9 Å². The first-order valence-electron chi connectivity index (χ1n) is 6.61. The normalized spacial score (nSPS) is 10.9. The maximum Gasteiger partial charge on any atom is 0.268 e. The number of nitrogens with one attached hydrogen (secondary N) is 1. The van der Waals surface area contributed by atoms with Crippen LogP contribution in [0.5, 0.6) is 0 Å². The van der Waals surface area contributed by atoms with Gasteiger partial charge in [0.1, 0.15) is 10.7 Å². The zero-order valence-electron chi connectivity index (χ0n) is 12.6. The summed E-state index contributed by atoms with van der Waals surface area (Å²) < 4.78 is 0. The van der Waals surface area contributed by atoms with Crippen molar-refractivity contribution in [3.63, 3.8) is 0 Å². The molecule has 1 amide bonds. The maximum atomic E-state index is 11.5. The number of benzene rings is 2. The molecule has 132 valence electrons. The Bertz CT molecular complexity index is 792. The Morgan fingerprint density at radius 2 is 1.48 bits per heavy atom. The van der Waals surface area contributed by atoms with Crippen molar-refractivity contribution in [2.45, 2.75) is 0 Å². The number of carboxylic acid groups (broad SMARTS) is 1. The third kappa shape index (κ3) is 7.77. The zero-order valence-corrected chi connectivity index (χ0v) is 15.6. The molecular formula is C16H12Cl4N2O3. The van der Waals surface area contributed by atoms with E-state index in [0.717, 1.165) is 10.7 Å². The van der Waals surface area contributed by atoms with Crippen molar-refractivity contribution in [3.05, 3.63) is 68.6 Å². The average Bonchev–Trinajstić information content (AvgIpc) is 2.53. The molecule has 2 rings (SSSR count). The van der Waals surface area contributed by atoms with Gasteiger partial charge in [0.2, 0.25) is 0 Å². The number of hydrogen-bond acceptors (Lipinski definition) is 3. The fraction of sp³-hybridized carbons (Fsp3) is 0. The quantitative estimate of drug-likeness (QED) is 0.745. The van der Waals surface area contributed by atoms with Gasteiger partial charge in [-0.05, 0) is 30.3 Å². The van der Waals surface area contributed by atoms with Crippen LogP contribution in [-0.2, 0) is 9.59 Å². The van der Waals surface area contributed by atoms with Gasteiger partial charge in [-0.3, -0.25) is 4.79 Å². The number of carboxylic acids is 1. The second kappa shape index (κ2) is 10.3. The van der Waals surface area contributed by atoms with Crippen LogP contribution in [0.2, 0.25) is 10.0 Å². The fourth-order valence-corrected chi connectivity index (χ4v) is 2.09. The molecule has 4 N–H and O–H groups in total. The summed E-state index contributed by atoms with van der Waals surface area (Å²) in [5.74, 6) is -2.58. The highest BCUT2D eigenvalue weighted by molar-refractivity contribution is 6.54. The van der Waals surface area contributed by atoms with Gasteiger partial charge in [0.15, 0.2) is 0 Å². The number of rotatable bonds is 3. The summed E-state index contributed by atoms with van der Waals surface area (Å²) in [4.78, 5) is 21.8. The summed E-state index contributed by atoms with van der Waals surface area (Å²) in [7, 11) is 0. The summed E-state index contributed by atoms with van der Waals surface area (Å²) in [6.07, 6.45) is 0. The van der Waals surface area contributed by atoms with Crippen LogP contribution in [0.3, 0.4) is 0 Å². The third-order valence-electron chi connectivity index (χ3n) is 2.54. The van der Waals surface area contributed by atoms with Crippen LogP contribution >= 0.6 is 46.4 Å². The Morgan fingerprint density at radius 1 is 0.920 bits per heavy atom. The first kappa shape index (κ1) is 21.3. The molecule has 0 spiro atoms. The molecule has 0 unspecified atom stereocenters. The van der Waals surface area contributed by atoms with Crippen molar-refractivity contribution in [2.75, 3.05) is 5.32 Å². The number of halogens is 4. The largest absolute Gasteiger partial charge is 0.544 e. The molecule has 0 atom stereocenters. The molecule has 0 aliphatic carbocycles. The van der Waals surface area contributed by atoms with Gasteiger partial charge in [0.25, 0.3) is 5.91 Å². The second-order valence-corrected chi connectivity index (χ2v) is 6.14. The number of carbonyl (C=O) groups excluding carboxylic acids is 2. The molecule has 25 heavy (non-hydrogen) atoms. The van der Waals surface area contributed by atoms with Gasteiger partial charge < -0.3 is 21.0 Å². The molecule has 0 aliphatic rings. The number of quaternary nitrogens is 1. The van der Waals surface area contributed by atoms with E-state index in [1.165, 1.54) is 6.07 Å². The van der Waals surface area contributed by atoms with Gasteiger partial charge >= 0.3 is 0 Å². The Hall–Kier alpha value is -1.76. The Labute approximate surface area is 163 Å². The van der Waals surface area contributed by atoms with Crippen LogP contribution < -0.4 is 16.2 Å². The molecule has 2 aromatic carbocycles. The van der Waals surface area contributed by atoms with E-state index in [0.29, 0.717) is 10.7 Å². The third-order valence-corrected chi connectivity index (χ3v) is 3.81. The van der Waals surface area contributed by atoms with E-state index in [2.05, 4.69) is 11.1 Å². The van der Waals surface area contributed by atoms with Crippen molar-refractivity contribution < 1.29 is 20.4 Å². The number of carbonyl (C=O) groups is 2. The zero-order chi connectivity index (χ0) is 19.0. The molecular weight excluding hydrogens is 410 g/mol. The lowest BCUT2D eigenvalue weighted by molar-refractivity contribution is -0.298. The fourth-order valence-electron chi connectivity index (χ4n) is 1.48. The SMILES string of the molecule is O=C([O-])/C(Cl)=C(\Cl)C(=O)Nc1cccc(Cl)c1.[NH3+]c1cccc(Cl)c1. The summed E-state index contributed by atoms with van der Waals surface area (Å²) >= 11 is 22.0. The maximum absolute atomic E-state index is 11.5. The van der Waals surface area contributed by atoms with E-state index in [-0.39, 0.29) is 0 Å². The predicted octanol–water partition coefficient (Wildman–Crippen LogP) is 2.93. The first-order valence-corrected chi connectivity index (χ1v) is 8.13. The van der Waals surface area contributed by atoms with Crippen molar-refractivity contribution in [1.29, 1.82) is 0 Å². The molecule has 5 nitrogen and oxygen atoms in total. The lowest BCUT2D eigenvalue weighted by Gasteiger charge is -2.06. The van der Waals surface area contributed by atoms with E-state index < -0.39 is 21.9 Å². The van der Waals surface area contributed by atoms with Gasteiger partial charge in [-0.15, -0.1) is 0 Å². The van der Waals surface area contributed by atoms with Crippen LogP contribution in [0.15, 0.2) is 58.6 Å². The van der Waals surface area contributed by atoms with Crippen molar-refractivity contribution in [1.82, 2.24) is 0 Å². The minimum absolute atomic E-state index is 0.364. The predicted molar refractivity (Wildman–Crippen MR) is 97.8 cm³/mol. The second-order valence-electron chi connectivity index (χ2n) is 4.51. The number of anilines is 1. The van der Waals surface area contributed by atoms with E-state index in [1.807, 2.05) is 24.3 Å². The standard InChI is InChI=1S/C10H6Cl3NO3.C6H6ClN/c11-5-2-1-3-6(4-5)14-9(15)7(12)8(13)10(16)17;7-5-2-1-3-6(8)4-5/h1-4H,(H,14,15)(H,16,17);1-4H,8H2/b8-7+;. The lowest BCUT2D eigenvalue weighted by atomic mass is 10.3. The van der Waals surface area contributed by atoms with Gasteiger partial charge in [-0.2, -0.15) is 0 Å². The van der Waals surface area contributed by atoms with Crippen LogP contribution in [0.25, 0.3) is 0 Å². The summed E-state index contributed by atoms with van der Waals surface area (Å²) in [6, 6.07) is 13.7. The highest BCUT2D eigenvalue weighted by atomic mass is 35.5. The monoisotopic (exact) mass is 420 g/mol. The van der Waals surface area contributed by atoms with Gasteiger partial charge in [0.05, 0.1) is 11.0 Å². The minimum atomic E-state index is -1.72. The Balaban J connectivity index is 0.000000324. The number of amides is 1. The number of hydrogen-bond donors (Lipinski definition) is 2. The van der Waals surface area contributed by atoms with Crippen LogP contribution in [0.4, 0.5) is 11.4 Å². The van der Waals surface area contributed by atoms with E-state index in [4.69, 9.17) is 46.4 Å². The molecule has 0 aromatic heterocycles. The summed E-state index contributed by atoms with van der Waals surface area (Å²) in [5, 5.41) is 12.3. The summed E-state index contributed by atoms with van der Waals surface area (Å²) in [6.45, 7) is 0. The highest BCUT2D eigenvalue weighted by Crippen LogP contribution is 2.19. The Morgan fingerprint density at radius 3 is 1.92 bits per heavy atom. The van der Waals surface area contributed by atoms with Gasteiger partial charge in [-0.1, -0.05) is 58.5 Å². The first-order chi connectivity index (χ1) is 11.7. The van der Waals surface area contributed by atoms with Crippen LogP contribution in [0, 0.1) is 0 Å². The molecule has 0 aliphatic heterocycles. The molecule has 2 aromatic rings. The summed E-state index contributed by atoms with van der Waals surface area (Å²) in [5.41, 5.74) is 5.02. The Kier molecular flexibility index (Phi) is 8.75. The molecule has 0 saturated heterocycles. The average molecular weight is 422 g/mol. The van der Waals surface area contributed by atoms with Gasteiger partial charge in [-0.25, -0.2) is 0 Å². The number of aliphatic carboxylic acids is 1. The molecule has 0 heterocycles. The molecule has 0 bridgehead atoms. The van der Waals surface area contributed by atoms with E-state index in [1.54, 1.807) is 18.2 Å². The van der Waals surface area contributed by atoms with Crippen molar-refractivity contribution >= 4 is 69.7 Å². The topological polar surface area (TPSA) is 96.9 Å². The van der Waals surface area contributed by atoms with Crippen molar-refractivity contribution in [3.8, 4) is 0 Å². The molecule has 0 radical (unpaired) electrons. The van der Waals surface area contributed by atoms with Crippen molar-refractivity contribution in [2.24, 2.45) is 0 Å². The molecule has 9 heteroatoms. The van der Waals surface area contributed by atoms with E-state index >= 15 is 0 Å². The minimum Gasteiger partial charge on any atom is -0.544 e. The lowest BCUT2D eigenvalue weighted by Crippen LogP contribution is -2.39. The van der Waals surface area contributed by atoms with Crippen LogP contribution in [0.1, 0.15) is 0 Å². The van der Waals surface area contributed by atoms with E-state index in [9.17, 15) is 14.7 Å². The van der Waals surface area contributed by atoms with Gasteiger partial charge in [0, 0.05) is 21.8 Å². The molecule has 0 fully saturated rings. The molecule has 0 saturated carbocycles. The smallest absolute Gasteiger partial charge is 0.268 e. The highest BCUT2D eigenvalue weighted by Gasteiger charge is 2.13.